The highest BCUT2D eigenvalue weighted by Gasteiger charge is 2.16. The molecule has 0 fully saturated rings. The summed E-state index contributed by atoms with van der Waals surface area (Å²) in [7, 11) is -0.390. The van der Waals surface area contributed by atoms with E-state index < -0.39 is 9.84 Å². The van der Waals surface area contributed by atoms with E-state index in [4.69, 9.17) is 21.1 Å². The van der Waals surface area contributed by atoms with E-state index in [0.717, 1.165) is 0 Å². The average molecular weight is 265 g/mol. The molecule has 6 heteroatoms. The number of sulfone groups is 1. The van der Waals surface area contributed by atoms with E-state index in [-0.39, 0.29) is 16.5 Å². The first kappa shape index (κ1) is 13.1. The molecule has 0 bridgehead atoms. The quantitative estimate of drug-likeness (QED) is 0.760. The summed E-state index contributed by atoms with van der Waals surface area (Å²) in [5.41, 5.74) is 0. The molecule has 0 radical (unpaired) electrons. The maximum atomic E-state index is 11.7. The molecule has 1 aromatic carbocycles. The van der Waals surface area contributed by atoms with Crippen LogP contribution in [-0.4, -0.2) is 34.3 Å². The molecule has 0 atom stereocenters. The molecule has 0 amide bonds. The first-order valence-corrected chi connectivity index (χ1v) is 6.74. The summed E-state index contributed by atoms with van der Waals surface area (Å²) in [5.74, 6) is 0.853. The Morgan fingerprint density at radius 1 is 1.19 bits per heavy atom. The van der Waals surface area contributed by atoms with Crippen LogP contribution < -0.4 is 9.47 Å². The van der Waals surface area contributed by atoms with Gasteiger partial charge in [0.15, 0.2) is 21.3 Å². The van der Waals surface area contributed by atoms with Gasteiger partial charge in [0.05, 0.1) is 24.9 Å². The SMILES string of the molecule is COc1ccc(S(=O)(=O)CCCl)cc1OC. The van der Waals surface area contributed by atoms with E-state index in [1.54, 1.807) is 6.07 Å². The van der Waals surface area contributed by atoms with Gasteiger partial charge in [-0.25, -0.2) is 8.42 Å². The number of methoxy groups -OCH3 is 2. The van der Waals surface area contributed by atoms with Crippen molar-refractivity contribution >= 4 is 21.4 Å². The predicted molar refractivity (Wildman–Crippen MR) is 62.3 cm³/mol. The first-order chi connectivity index (χ1) is 7.55. The highest BCUT2D eigenvalue weighted by atomic mass is 35.5. The van der Waals surface area contributed by atoms with Crippen LogP contribution in [0.25, 0.3) is 0 Å². The minimum Gasteiger partial charge on any atom is -0.493 e. The molecular weight excluding hydrogens is 252 g/mol. The van der Waals surface area contributed by atoms with Gasteiger partial charge in [-0.1, -0.05) is 0 Å². The van der Waals surface area contributed by atoms with Crippen LogP contribution in [0.5, 0.6) is 11.5 Å². The van der Waals surface area contributed by atoms with Gasteiger partial charge in [0, 0.05) is 11.9 Å². The van der Waals surface area contributed by atoms with Crippen LogP contribution >= 0.6 is 11.6 Å². The van der Waals surface area contributed by atoms with Gasteiger partial charge in [0.1, 0.15) is 0 Å². The zero-order valence-corrected chi connectivity index (χ0v) is 10.6. The smallest absolute Gasteiger partial charge is 0.179 e. The van der Waals surface area contributed by atoms with Gasteiger partial charge in [-0.3, -0.25) is 0 Å². The number of rotatable bonds is 5. The minimum absolute atomic E-state index is 0.0661. The molecule has 0 heterocycles. The number of benzene rings is 1. The number of halogens is 1. The second kappa shape index (κ2) is 5.41. The van der Waals surface area contributed by atoms with Crippen LogP contribution in [0.3, 0.4) is 0 Å². The molecule has 0 aliphatic heterocycles. The van der Waals surface area contributed by atoms with Gasteiger partial charge in [-0.05, 0) is 12.1 Å². The number of ether oxygens (including phenoxy) is 2. The van der Waals surface area contributed by atoms with E-state index in [1.165, 1.54) is 26.4 Å². The van der Waals surface area contributed by atoms with Crippen molar-refractivity contribution in [3.8, 4) is 11.5 Å². The summed E-state index contributed by atoms with van der Waals surface area (Å²) in [6, 6.07) is 4.46. The Labute approximate surface area is 100 Å². The molecule has 0 saturated carbocycles. The molecule has 1 aromatic rings. The van der Waals surface area contributed by atoms with E-state index in [9.17, 15) is 8.42 Å². The summed E-state index contributed by atoms with van der Waals surface area (Å²) in [4.78, 5) is 0.186. The molecule has 0 aliphatic carbocycles. The maximum absolute atomic E-state index is 11.7. The second-order valence-electron chi connectivity index (χ2n) is 3.02. The Balaban J connectivity index is 3.18. The maximum Gasteiger partial charge on any atom is 0.179 e. The van der Waals surface area contributed by atoms with Crippen LogP contribution in [0.15, 0.2) is 23.1 Å². The van der Waals surface area contributed by atoms with Crippen molar-refractivity contribution in [3.63, 3.8) is 0 Å². The van der Waals surface area contributed by atoms with Crippen LogP contribution in [0, 0.1) is 0 Å². The lowest BCUT2D eigenvalue weighted by molar-refractivity contribution is 0.354. The highest BCUT2D eigenvalue weighted by molar-refractivity contribution is 7.91. The zero-order chi connectivity index (χ0) is 12.2. The summed E-state index contributed by atoms with van der Waals surface area (Å²) < 4.78 is 33.5. The van der Waals surface area contributed by atoms with Gasteiger partial charge >= 0.3 is 0 Å². The molecule has 4 nitrogen and oxygen atoms in total. The summed E-state index contributed by atoms with van der Waals surface area (Å²) in [5, 5.41) is 0. The normalized spacial score (nSPS) is 11.2. The predicted octanol–water partition coefficient (Wildman–Crippen LogP) is 1.72. The van der Waals surface area contributed by atoms with Crippen molar-refractivity contribution in [1.82, 2.24) is 0 Å². The fourth-order valence-corrected chi connectivity index (χ4v) is 2.84. The van der Waals surface area contributed by atoms with Crippen LogP contribution in [0.4, 0.5) is 0 Å². The number of alkyl halides is 1. The summed E-state index contributed by atoms with van der Waals surface area (Å²) in [6.07, 6.45) is 0. The molecule has 16 heavy (non-hydrogen) atoms. The minimum atomic E-state index is -3.34. The Hall–Kier alpha value is -0.940. The van der Waals surface area contributed by atoms with E-state index in [2.05, 4.69) is 0 Å². The van der Waals surface area contributed by atoms with Crippen LogP contribution in [0.1, 0.15) is 0 Å². The Morgan fingerprint density at radius 3 is 2.31 bits per heavy atom. The van der Waals surface area contributed by atoms with Crippen molar-refractivity contribution in [1.29, 1.82) is 0 Å². The van der Waals surface area contributed by atoms with Gasteiger partial charge in [-0.2, -0.15) is 0 Å². The Morgan fingerprint density at radius 2 is 1.81 bits per heavy atom. The van der Waals surface area contributed by atoms with E-state index >= 15 is 0 Å². The highest BCUT2D eigenvalue weighted by Crippen LogP contribution is 2.29. The second-order valence-corrected chi connectivity index (χ2v) is 5.51. The average Bonchev–Trinajstić information content (AvgIpc) is 2.28. The summed E-state index contributed by atoms with van der Waals surface area (Å²) in [6.45, 7) is 0. The standard InChI is InChI=1S/C10H13ClO4S/c1-14-9-4-3-8(7-10(9)15-2)16(12,13)6-5-11/h3-4,7H,5-6H2,1-2H3. The molecule has 0 saturated heterocycles. The Kier molecular flexibility index (Phi) is 4.44. The van der Waals surface area contributed by atoms with Gasteiger partial charge in [0.2, 0.25) is 0 Å². The topological polar surface area (TPSA) is 52.6 Å². The van der Waals surface area contributed by atoms with Crippen molar-refractivity contribution < 1.29 is 17.9 Å². The fraction of sp³-hybridized carbons (Fsp3) is 0.400. The largest absolute Gasteiger partial charge is 0.493 e. The van der Waals surface area contributed by atoms with E-state index in [0.29, 0.717) is 11.5 Å². The molecule has 0 N–H and O–H groups in total. The summed E-state index contributed by atoms with van der Waals surface area (Å²) >= 11 is 5.43. The van der Waals surface area contributed by atoms with Crippen molar-refractivity contribution in [3.05, 3.63) is 18.2 Å². The zero-order valence-electron chi connectivity index (χ0n) is 9.07. The van der Waals surface area contributed by atoms with Crippen LogP contribution in [0.2, 0.25) is 0 Å². The number of hydrogen-bond donors (Lipinski definition) is 0. The lowest BCUT2D eigenvalue weighted by Gasteiger charge is -2.09. The molecular formula is C10H13ClO4S. The van der Waals surface area contributed by atoms with Gasteiger partial charge in [-0.15, -0.1) is 11.6 Å². The molecule has 1 rings (SSSR count). The monoisotopic (exact) mass is 264 g/mol. The van der Waals surface area contributed by atoms with Crippen molar-refractivity contribution in [2.24, 2.45) is 0 Å². The third kappa shape index (κ3) is 2.80. The molecule has 90 valence electrons. The Bertz CT molecular complexity index is 456. The van der Waals surface area contributed by atoms with Crippen molar-refractivity contribution in [2.75, 3.05) is 25.9 Å². The molecule has 0 aliphatic rings. The van der Waals surface area contributed by atoms with Gasteiger partial charge in [0.25, 0.3) is 0 Å². The van der Waals surface area contributed by atoms with Gasteiger partial charge < -0.3 is 9.47 Å². The molecule has 0 spiro atoms. The third-order valence-electron chi connectivity index (χ3n) is 2.06. The van der Waals surface area contributed by atoms with Crippen molar-refractivity contribution in [2.45, 2.75) is 4.90 Å². The molecule has 0 unspecified atom stereocenters. The lowest BCUT2D eigenvalue weighted by Crippen LogP contribution is -2.08. The van der Waals surface area contributed by atoms with Crippen LogP contribution in [-0.2, 0) is 9.84 Å². The third-order valence-corrected chi connectivity index (χ3v) is 4.19. The fourth-order valence-electron chi connectivity index (χ4n) is 1.23. The molecule has 0 aromatic heterocycles. The lowest BCUT2D eigenvalue weighted by atomic mass is 10.3. The first-order valence-electron chi connectivity index (χ1n) is 4.56. The van der Waals surface area contributed by atoms with E-state index in [1.807, 2.05) is 0 Å². The number of hydrogen-bond acceptors (Lipinski definition) is 4.